The van der Waals surface area contributed by atoms with Crippen LogP contribution in [0.4, 0.5) is 11.4 Å². The Morgan fingerprint density at radius 3 is 2.28 bits per heavy atom. The number of ether oxygens (including phenoxy) is 1. The molecule has 39 heavy (non-hydrogen) atoms. The molecule has 5 rings (SSSR count). The van der Waals surface area contributed by atoms with Crippen LogP contribution in [0.25, 0.3) is 10.1 Å². The normalized spacial score (nSPS) is 14.1. The number of carbonyl (C=O) groups is 2. The van der Waals surface area contributed by atoms with Crippen LogP contribution in [0.2, 0.25) is 0 Å². The van der Waals surface area contributed by atoms with Gasteiger partial charge in [-0.3, -0.25) is 13.9 Å². The van der Waals surface area contributed by atoms with Crippen LogP contribution in [-0.4, -0.2) is 33.4 Å². The molecule has 1 fully saturated rings. The first kappa shape index (κ1) is 26.9. The molecular formula is C30H30N2O5S2. The monoisotopic (exact) mass is 562 g/mol. The van der Waals surface area contributed by atoms with Crippen molar-refractivity contribution < 1.29 is 22.7 Å². The Balaban J connectivity index is 1.34. The third kappa shape index (κ3) is 5.16. The van der Waals surface area contributed by atoms with Crippen molar-refractivity contribution in [1.29, 1.82) is 0 Å². The predicted octanol–water partition coefficient (Wildman–Crippen LogP) is 6.27. The molecule has 0 radical (unpaired) electrons. The topological polar surface area (TPSA) is 92.8 Å². The summed E-state index contributed by atoms with van der Waals surface area (Å²) in [7, 11) is -3.73. The average molecular weight is 563 g/mol. The molecule has 1 saturated carbocycles. The second kappa shape index (κ2) is 10.5. The SMILES string of the molecule is CCOC(=O)C1(c2ccc(NC(=O)c3cc4cc(N(CC)S(=O)(=O)c5ccc(C)cc5)ccc4s3)cc2)CC1. The number of sulfonamides is 1. The zero-order valence-electron chi connectivity index (χ0n) is 22.1. The molecule has 1 N–H and O–H groups in total. The molecule has 1 amide bonds. The molecule has 0 atom stereocenters. The molecular weight excluding hydrogens is 532 g/mol. The van der Waals surface area contributed by atoms with Gasteiger partial charge in [0.05, 0.1) is 27.5 Å². The number of nitrogens with one attached hydrogen (secondary N) is 1. The van der Waals surface area contributed by atoms with Gasteiger partial charge in [0.2, 0.25) is 0 Å². The largest absolute Gasteiger partial charge is 0.465 e. The van der Waals surface area contributed by atoms with Crippen molar-refractivity contribution in [3.63, 3.8) is 0 Å². The maximum absolute atomic E-state index is 13.3. The van der Waals surface area contributed by atoms with E-state index in [0.717, 1.165) is 34.1 Å². The first-order valence-corrected chi connectivity index (χ1v) is 15.2. The second-order valence-corrected chi connectivity index (χ2v) is 12.6. The summed E-state index contributed by atoms with van der Waals surface area (Å²) in [5.41, 5.74) is 2.50. The molecule has 1 aromatic heterocycles. The summed E-state index contributed by atoms with van der Waals surface area (Å²) in [5, 5.41) is 3.71. The highest BCUT2D eigenvalue weighted by atomic mass is 32.2. The van der Waals surface area contributed by atoms with E-state index in [2.05, 4.69) is 5.32 Å². The summed E-state index contributed by atoms with van der Waals surface area (Å²) in [6.45, 7) is 6.13. The van der Waals surface area contributed by atoms with E-state index in [1.807, 2.05) is 25.1 Å². The Kier molecular flexibility index (Phi) is 7.22. The summed E-state index contributed by atoms with van der Waals surface area (Å²) < 4.78 is 34.1. The molecule has 7 nitrogen and oxygen atoms in total. The van der Waals surface area contributed by atoms with Crippen molar-refractivity contribution in [1.82, 2.24) is 0 Å². The summed E-state index contributed by atoms with van der Waals surface area (Å²) in [6.07, 6.45) is 1.53. The minimum atomic E-state index is -3.73. The number of rotatable bonds is 9. The Morgan fingerprint density at radius 1 is 0.974 bits per heavy atom. The quantitative estimate of drug-likeness (QED) is 0.243. The lowest BCUT2D eigenvalue weighted by Gasteiger charge is -2.23. The smallest absolute Gasteiger partial charge is 0.316 e. The molecule has 4 aromatic rings. The van der Waals surface area contributed by atoms with E-state index in [1.165, 1.54) is 15.6 Å². The zero-order chi connectivity index (χ0) is 27.8. The van der Waals surface area contributed by atoms with Crippen molar-refractivity contribution in [3.8, 4) is 0 Å². The van der Waals surface area contributed by atoms with Gasteiger partial charge in [-0.1, -0.05) is 29.8 Å². The Hall–Kier alpha value is -3.69. The van der Waals surface area contributed by atoms with Gasteiger partial charge in [-0.25, -0.2) is 8.42 Å². The van der Waals surface area contributed by atoms with E-state index in [9.17, 15) is 18.0 Å². The number of thiophene rings is 1. The van der Waals surface area contributed by atoms with E-state index in [-0.39, 0.29) is 23.3 Å². The van der Waals surface area contributed by atoms with Crippen LogP contribution >= 0.6 is 11.3 Å². The number of esters is 1. The number of benzene rings is 3. The molecule has 1 aliphatic rings. The lowest BCUT2D eigenvalue weighted by atomic mass is 9.96. The molecule has 9 heteroatoms. The fourth-order valence-electron chi connectivity index (χ4n) is 4.70. The minimum absolute atomic E-state index is 0.195. The van der Waals surface area contributed by atoms with Crippen molar-refractivity contribution in [2.45, 2.75) is 43.9 Å². The highest BCUT2D eigenvalue weighted by molar-refractivity contribution is 7.92. The third-order valence-electron chi connectivity index (χ3n) is 7.02. The molecule has 0 unspecified atom stereocenters. The van der Waals surface area contributed by atoms with E-state index >= 15 is 0 Å². The van der Waals surface area contributed by atoms with Crippen LogP contribution < -0.4 is 9.62 Å². The van der Waals surface area contributed by atoms with Gasteiger partial charge < -0.3 is 10.1 Å². The van der Waals surface area contributed by atoms with Crippen LogP contribution in [0.3, 0.4) is 0 Å². The maximum atomic E-state index is 13.3. The van der Waals surface area contributed by atoms with Crippen LogP contribution in [-0.2, 0) is 25.0 Å². The zero-order valence-corrected chi connectivity index (χ0v) is 23.7. The molecule has 0 bridgehead atoms. The fraction of sp³-hybridized carbons (Fsp3) is 0.267. The number of fused-ring (bicyclic) bond motifs is 1. The van der Waals surface area contributed by atoms with Gasteiger partial charge in [-0.15, -0.1) is 11.3 Å². The number of aryl methyl sites for hydroxylation is 1. The van der Waals surface area contributed by atoms with Gasteiger partial charge in [0, 0.05) is 16.9 Å². The van der Waals surface area contributed by atoms with Crippen molar-refractivity contribution in [3.05, 3.63) is 88.8 Å². The standard InChI is InChI=1S/C30H30N2O5S2/c1-4-32(39(35,36)25-13-6-20(3)7-14-25)24-12-15-26-21(18-24)19-27(38-26)28(33)31-23-10-8-22(9-11-23)30(16-17-30)29(34)37-5-2/h6-15,18-19H,4-5,16-17H2,1-3H3,(H,31,33). The number of carbonyl (C=O) groups excluding carboxylic acids is 2. The molecule has 0 saturated heterocycles. The van der Waals surface area contributed by atoms with Gasteiger partial charge in [-0.2, -0.15) is 0 Å². The summed E-state index contributed by atoms with van der Waals surface area (Å²) in [5.74, 6) is -0.448. The lowest BCUT2D eigenvalue weighted by molar-refractivity contribution is -0.146. The molecule has 202 valence electrons. The van der Waals surface area contributed by atoms with Gasteiger partial charge in [0.15, 0.2) is 0 Å². The molecule has 0 spiro atoms. The van der Waals surface area contributed by atoms with Crippen molar-refractivity contribution in [2.24, 2.45) is 0 Å². The highest BCUT2D eigenvalue weighted by Crippen LogP contribution is 2.49. The van der Waals surface area contributed by atoms with Gasteiger partial charge >= 0.3 is 5.97 Å². The number of hydrogen-bond donors (Lipinski definition) is 1. The molecule has 1 heterocycles. The lowest BCUT2D eigenvalue weighted by Crippen LogP contribution is -2.30. The molecule has 3 aromatic carbocycles. The Bertz CT molecular complexity index is 1640. The van der Waals surface area contributed by atoms with E-state index in [0.29, 0.717) is 22.9 Å². The highest BCUT2D eigenvalue weighted by Gasteiger charge is 2.52. The van der Waals surface area contributed by atoms with Gasteiger partial charge in [0.25, 0.3) is 15.9 Å². The summed E-state index contributed by atoms with van der Waals surface area (Å²) in [4.78, 5) is 26.1. The number of anilines is 2. The predicted molar refractivity (Wildman–Crippen MR) is 155 cm³/mol. The number of hydrogen-bond acceptors (Lipinski definition) is 6. The second-order valence-electron chi connectivity index (χ2n) is 9.65. The molecule has 1 aliphatic carbocycles. The Morgan fingerprint density at radius 2 is 1.67 bits per heavy atom. The average Bonchev–Trinajstić information content (AvgIpc) is 3.62. The third-order valence-corrected chi connectivity index (χ3v) is 10.1. The first-order chi connectivity index (χ1) is 18.7. The fourth-order valence-corrected chi connectivity index (χ4v) is 7.10. The molecule has 0 aliphatic heterocycles. The van der Waals surface area contributed by atoms with Crippen LogP contribution in [0.1, 0.15) is 47.5 Å². The van der Waals surface area contributed by atoms with Crippen LogP contribution in [0.5, 0.6) is 0 Å². The number of nitrogens with zero attached hydrogens (tertiary/aromatic N) is 1. The minimum Gasteiger partial charge on any atom is -0.465 e. The van der Waals surface area contributed by atoms with Gasteiger partial charge in [-0.05, 0) is 93.1 Å². The maximum Gasteiger partial charge on any atom is 0.316 e. The first-order valence-electron chi connectivity index (χ1n) is 12.9. The van der Waals surface area contributed by atoms with Crippen molar-refractivity contribution >= 4 is 54.7 Å². The van der Waals surface area contributed by atoms with E-state index in [4.69, 9.17) is 4.74 Å². The summed E-state index contributed by atoms with van der Waals surface area (Å²) >= 11 is 1.34. The summed E-state index contributed by atoms with van der Waals surface area (Å²) in [6, 6.07) is 21.3. The van der Waals surface area contributed by atoms with E-state index < -0.39 is 15.4 Å². The van der Waals surface area contributed by atoms with Crippen LogP contribution in [0.15, 0.2) is 77.7 Å². The number of amides is 1. The van der Waals surface area contributed by atoms with Crippen molar-refractivity contribution in [2.75, 3.05) is 22.8 Å². The van der Waals surface area contributed by atoms with Crippen LogP contribution in [0, 0.1) is 6.92 Å². The Labute approximate surface area is 232 Å². The van der Waals surface area contributed by atoms with E-state index in [1.54, 1.807) is 68.4 Å². The van der Waals surface area contributed by atoms with Gasteiger partial charge in [0.1, 0.15) is 0 Å².